The molecule has 0 bridgehead atoms. The number of allylic oxidation sites excluding steroid dienone is 1. The van der Waals surface area contributed by atoms with Crippen LogP contribution in [0.25, 0.3) is 0 Å². The predicted molar refractivity (Wildman–Crippen MR) is 114 cm³/mol. The van der Waals surface area contributed by atoms with Crippen molar-refractivity contribution in [2.24, 2.45) is 11.8 Å². The van der Waals surface area contributed by atoms with Gasteiger partial charge in [0.15, 0.2) is 0 Å². The van der Waals surface area contributed by atoms with Crippen molar-refractivity contribution in [3.63, 3.8) is 0 Å². The maximum atomic E-state index is 10.8. The fourth-order valence-electron chi connectivity index (χ4n) is 4.11. The van der Waals surface area contributed by atoms with E-state index in [-0.39, 0.29) is 11.6 Å². The zero-order valence-electron chi connectivity index (χ0n) is 17.2. The third-order valence-electron chi connectivity index (χ3n) is 5.89. The fraction of sp³-hybridized carbons (Fsp3) is 0.652. The third-order valence-corrected chi connectivity index (χ3v) is 7.98. The summed E-state index contributed by atoms with van der Waals surface area (Å²) in [6, 6.07) is 10.9. The van der Waals surface area contributed by atoms with Crippen molar-refractivity contribution in [2.75, 3.05) is 13.1 Å². The minimum absolute atomic E-state index is 0.0261. The van der Waals surface area contributed by atoms with E-state index in [1.807, 2.05) is 0 Å². The number of aliphatic hydroxyl groups excluding tert-OH is 1. The zero-order chi connectivity index (χ0) is 19.2. The normalized spacial score (nSPS) is 23.9. The first-order valence-electron chi connectivity index (χ1n) is 10.0. The van der Waals surface area contributed by atoms with E-state index in [2.05, 4.69) is 75.9 Å². The van der Waals surface area contributed by atoms with E-state index in [1.54, 1.807) is 0 Å². The van der Waals surface area contributed by atoms with Crippen molar-refractivity contribution in [3.8, 4) is 0 Å². The quantitative estimate of drug-likeness (QED) is 0.499. The Morgan fingerprint density at radius 1 is 1.23 bits per heavy atom. The monoisotopic (exact) mass is 423 g/mol. The number of hydrogen-bond donors (Lipinski definition) is 1. The van der Waals surface area contributed by atoms with Gasteiger partial charge < -0.3 is 0 Å². The van der Waals surface area contributed by atoms with Gasteiger partial charge in [-0.25, -0.2) is 0 Å². The molecule has 146 valence electrons. The average molecular weight is 423 g/mol. The van der Waals surface area contributed by atoms with Crippen molar-refractivity contribution < 1.29 is 5.11 Å². The number of hydrogen-bond acceptors (Lipinski definition) is 2. The van der Waals surface area contributed by atoms with E-state index in [0.29, 0.717) is 26.8 Å². The van der Waals surface area contributed by atoms with Gasteiger partial charge in [-0.15, -0.1) is 0 Å². The van der Waals surface area contributed by atoms with Crippen molar-refractivity contribution >= 4 is 19.4 Å². The molecule has 0 aromatic heterocycles. The van der Waals surface area contributed by atoms with E-state index in [4.69, 9.17) is 0 Å². The molecule has 1 aromatic rings. The summed E-state index contributed by atoms with van der Waals surface area (Å²) in [5, 5.41) is 12.0. The standard InChI is InChI=1S/C23H37NOSe/c1-18(2)13-14-24(15-16-26-20-9-7-6-8-10-20)23(4,5)21-12-11-19(3)17-22(21)25/h6-10,13,19,21-22,25H,11-12,14-17H2,1-5H3. The molecule has 0 heterocycles. The van der Waals surface area contributed by atoms with Crippen LogP contribution >= 0.6 is 0 Å². The summed E-state index contributed by atoms with van der Waals surface area (Å²) in [6.07, 6.45) is 5.52. The van der Waals surface area contributed by atoms with Gasteiger partial charge >= 0.3 is 167 Å². The summed E-state index contributed by atoms with van der Waals surface area (Å²) in [5.41, 5.74) is 1.40. The van der Waals surface area contributed by atoms with E-state index < -0.39 is 0 Å². The van der Waals surface area contributed by atoms with Gasteiger partial charge in [0.05, 0.1) is 0 Å². The van der Waals surface area contributed by atoms with Gasteiger partial charge in [-0.2, -0.15) is 0 Å². The molecule has 0 amide bonds. The Labute approximate surface area is 167 Å². The van der Waals surface area contributed by atoms with Crippen molar-refractivity contribution in [1.82, 2.24) is 4.90 Å². The van der Waals surface area contributed by atoms with Crippen LogP contribution in [0.5, 0.6) is 0 Å². The summed E-state index contributed by atoms with van der Waals surface area (Å²) < 4.78 is 1.48. The second kappa shape index (κ2) is 10.1. The van der Waals surface area contributed by atoms with Crippen molar-refractivity contribution in [3.05, 3.63) is 42.0 Å². The van der Waals surface area contributed by atoms with Crippen LogP contribution in [0.3, 0.4) is 0 Å². The van der Waals surface area contributed by atoms with Gasteiger partial charge in [-0.3, -0.25) is 0 Å². The van der Waals surface area contributed by atoms with E-state index >= 15 is 0 Å². The molecule has 3 heteroatoms. The molecule has 0 aliphatic heterocycles. The summed E-state index contributed by atoms with van der Waals surface area (Å²) in [7, 11) is 0. The van der Waals surface area contributed by atoms with Crippen LogP contribution in [-0.2, 0) is 0 Å². The van der Waals surface area contributed by atoms with E-state index in [0.717, 1.165) is 25.9 Å². The molecule has 1 aromatic carbocycles. The average Bonchev–Trinajstić information content (AvgIpc) is 2.58. The van der Waals surface area contributed by atoms with Crippen molar-refractivity contribution in [1.29, 1.82) is 0 Å². The van der Waals surface area contributed by atoms with Gasteiger partial charge in [0.1, 0.15) is 0 Å². The van der Waals surface area contributed by atoms with Crippen LogP contribution in [0.1, 0.15) is 53.9 Å². The molecule has 1 fully saturated rings. The van der Waals surface area contributed by atoms with Gasteiger partial charge in [-0.1, -0.05) is 0 Å². The molecule has 1 N–H and O–H groups in total. The van der Waals surface area contributed by atoms with E-state index in [1.165, 1.54) is 21.8 Å². The molecule has 3 unspecified atom stereocenters. The fourth-order valence-corrected chi connectivity index (χ4v) is 5.99. The molecule has 2 nitrogen and oxygen atoms in total. The molecule has 1 aliphatic rings. The third kappa shape index (κ3) is 6.23. The molecule has 0 saturated heterocycles. The zero-order valence-corrected chi connectivity index (χ0v) is 19.0. The molecule has 2 rings (SSSR count). The number of rotatable bonds is 8. The van der Waals surface area contributed by atoms with Gasteiger partial charge in [0.25, 0.3) is 0 Å². The minimum atomic E-state index is -0.164. The summed E-state index contributed by atoms with van der Waals surface area (Å²) >= 11 is 0.514. The van der Waals surface area contributed by atoms with Crippen molar-refractivity contribution in [2.45, 2.75) is 70.8 Å². The Morgan fingerprint density at radius 3 is 2.54 bits per heavy atom. The van der Waals surface area contributed by atoms with Crippen LogP contribution in [0.15, 0.2) is 42.0 Å². The SMILES string of the molecule is CC(C)=CCN(CC[Se]c1ccccc1)C(C)(C)C1CCC(C)CC1O. The predicted octanol–water partition coefficient (Wildman–Crippen LogP) is 4.28. The summed E-state index contributed by atoms with van der Waals surface area (Å²) in [5.74, 6) is 1.03. The molecule has 26 heavy (non-hydrogen) atoms. The molecule has 0 spiro atoms. The van der Waals surface area contributed by atoms with Crippen LogP contribution < -0.4 is 4.46 Å². The van der Waals surface area contributed by atoms with Gasteiger partial charge in [0.2, 0.25) is 0 Å². The Morgan fingerprint density at radius 2 is 1.92 bits per heavy atom. The second-order valence-corrected chi connectivity index (χ2v) is 11.1. The second-order valence-electron chi connectivity index (χ2n) is 8.63. The molecule has 1 aliphatic carbocycles. The molecule has 0 radical (unpaired) electrons. The summed E-state index contributed by atoms with van der Waals surface area (Å²) in [4.78, 5) is 2.62. The first-order chi connectivity index (χ1) is 12.3. The number of nitrogens with zero attached hydrogens (tertiary/aromatic N) is 1. The van der Waals surface area contributed by atoms with Crippen LogP contribution in [-0.4, -0.2) is 49.7 Å². The number of aliphatic hydroxyl groups is 1. The van der Waals surface area contributed by atoms with Gasteiger partial charge in [0, 0.05) is 0 Å². The molecular formula is C23H37NOSe. The Hall–Kier alpha value is -0.601. The Bertz CT molecular complexity index is 565. The maximum absolute atomic E-state index is 10.8. The first-order valence-corrected chi connectivity index (χ1v) is 12.1. The Kier molecular flexibility index (Phi) is 8.41. The van der Waals surface area contributed by atoms with Gasteiger partial charge in [-0.05, 0) is 0 Å². The molecular weight excluding hydrogens is 385 g/mol. The molecule has 1 saturated carbocycles. The van der Waals surface area contributed by atoms with Crippen LogP contribution in [0, 0.1) is 11.8 Å². The summed E-state index contributed by atoms with van der Waals surface area (Å²) in [6.45, 7) is 13.4. The first kappa shape index (κ1) is 21.7. The Balaban J connectivity index is 2.05. The van der Waals surface area contributed by atoms with Crippen LogP contribution in [0.4, 0.5) is 0 Å². The van der Waals surface area contributed by atoms with Crippen LogP contribution in [0.2, 0.25) is 5.32 Å². The number of benzene rings is 1. The topological polar surface area (TPSA) is 23.5 Å². The van der Waals surface area contributed by atoms with E-state index in [9.17, 15) is 5.11 Å². The molecule has 3 atom stereocenters.